The summed E-state index contributed by atoms with van der Waals surface area (Å²) in [7, 11) is 0. The van der Waals surface area contributed by atoms with Crippen LogP contribution in [0.15, 0.2) is 24.3 Å². The van der Waals surface area contributed by atoms with Crippen molar-refractivity contribution >= 4 is 0 Å². The van der Waals surface area contributed by atoms with Crippen molar-refractivity contribution in [2.45, 2.75) is 51.0 Å². The molecule has 0 bridgehead atoms. The highest BCUT2D eigenvalue weighted by atomic mass is 16.3. The fraction of sp³-hybridized carbons (Fsp3) is 0.600. The molecule has 1 aliphatic rings. The molecule has 0 aliphatic heterocycles. The summed E-state index contributed by atoms with van der Waals surface area (Å²) in [5, 5.41) is 9.25. The van der Waals surface area contributed by atoms with Crippen LogP contribution in [0, 0.1) is 5.92 Å². The minimum absolute atomic E-state index is 0.276. The van der Waals surface area contributed by atoms with Crippen LogP contribution in [-0.4, -0.2) is 11.1 Å². The molecule has 1 fully saturated rings. The van der Waals surface area contributed by atoms with Gasteiger partial charge in [-0.05, 0) is 42.9 Å². The van der Waals surface area contributed by atoms with Crippen molar-refractivity contribution in [2.75, 3.05) is 0 Å². The Hall–Kier alpha value is -1.02. The lowest BCUT2D eigenvalue weighted by Crippen LogP contribution is -2.32. The van der Waals surface area contributed by atoms with Gasteiger partial charge < -0.3 is 10.8 Å². The van der Waals surface area contributed by atoms with E-state index in [1.807, 2.05) is 12.1 Å². The van der Waals surface area contributed by atoms with E-state index in [4.69, 9.17) is 5.73 Å². The van der Waals surface area contributed by atoms with Gasteiger partial charge in [-0.2, -0.15) is 0 Å². The number of phenols is 1. The van der Waals surface area contributed by atoms with Gasteiger partial charge in [0.15, 0.2) is 0 Å². The molecule has 0 amide bonds. The summed E-state index contributed by atoms with van der Waals surface area (Å²) in [5.74, 6) is 1.02. The Labute approximate surface area is 104 Å². The van der Waals surface area contributed by atoms with Crippen LogP contribution in [0.1, 0.15) is 44.1 Å². The van der Waals surface area contributed by atoms with Crippen molar-refractivity contribution in [2.24, 2.45) is 11.7 Å². The lowest BCUT2D eigenvalue weighted by Gasteiger charge is -2.22. The van der Waals surface area contributed by atoms with Crippen molar-refractivity contribution in [3.63, 3.8) is 0 Å². The smallest absolute Gasteiger partial charge is 0.115 e. The van der Waals surface area contributed by atoms with Gasteiger partial charge in [-0.15, -0.1) is 0 Å². The Morgan fingerprint density at radius 2 is 1.65 bits per heavy atom. The Morgan fingerprint density at radius 3 is 2.24 bits per heavy atom. The molecule has 1 unspecified atom stereocenters. The summed E-state index contributed by atoms with van der Waals surface area (Å²) in [4.78, 5) is 0. The molecule has 2 heteroatoms. The molecule has 0 spiro atoms. The summed E-state index contributed by atoms with van der Waals surface area (Å²) in [6.07, 6.45) is 8.95. The van der Waals surface area contributed by atoms with Crippen LogP contribution in [0.5, 0.6) is 5.75 Å². The van der Waals surface area contributed by atoms with Gasteiger partial charge in [-0.25, -0.2) is 0 Å². The molecular formula is C15H23NO. The van der Waals surface area contributed by atoms with Crippen molar-refractivity contribution in [1.29, 1.82) is 0 Å². The number of hydrogen-bond acceptors (Lipinski definition) is 2. The molecule has 0 heterocycles. The van der Waals surface area contributed by atoms with E-state index in [1.165, 1.54) is 44.1 Å². The third-order valence-electron chi connectivity index (χ3n) is 3.91. The summed E-state index contributed by atoms with van der Waals surface area (Å²) in [6, 6.07) is 7.72. The zero-order valence-corrected chi connectivity index (χ0v) is 10.4. The molecule has 0 aromatic heterocycles. The number of hydrogen-bond donors (Lipinski definition) is 2. The molecule has 1 atom stereocenters. The molecule has 0 radical (unpaired) electrons. The van der Waals surface area contributed by atoms with E-state index < -0.39 is 0 Å². The molecule has 0 saturated heterocycles. The molecule has 1 aromatic carbocycles. The zero-order chi connectivity index (χ0) is 12.1. The van der Waals surface area contributed by atoms with Crippen LogP contribution < -0.4 is 5.73 Å². The van der Waals surface area contributed by atoms with E-state index in [9.17, 15) is 5.11 Å². The Bertz CT molecular complexity index is 325. The molecule has 1 aliphatic carbocycles. The number of nitrogens with two attached hydrogens (primary N) is 1. The summed E-state index contributed by atoms with van der Waals surface area (Å²) in [6.45, 7) is 0. The number of aromatic hydroxyl groups is 1. The number of phenolic OH excluding ortho intramolecular Hbond substituents is 1. The van der Waals surface area contributed by atoms with Crippen LogP contribution in [0.4, 0.5) is 0 Å². The largest absolute Gasteiger partial charge is 0.508 e. The maximum absolute atomic E-state index is 9.25. The van der Waals surface area contributed by atoms with Gasteiger partial charge in [-0.1, -0.05) is 37.8 Å². The third-order valence-corrected chi connectivity index (χ3v) is 3.91. The van der Waals surface area contributed by atoms with E-state index in [2.05, 4.69) is 0 Å². The standard InChI is InChI=1S/C15H23NO/c16-15(13-5-3-1-2-4-6-13)11-12-7-9-14(17)10-8-12/h7-10,13,15,17H,1-6,11,16H2. The lowest BCUT2D eigenvalue weighted by molar-refractivity contribution is 0.372. The van der Waals surface area contributed by atoms with Crippen LogP contribution in [0.2, 0.25) is 0 Å². The average Bonchev–Trinajstić information content (AvgIpc) is 2.61. The van der Waals surface area contributed by atoms with E-state index in [0.717, 1.165) is 6.42 Å². The molecule has 2 nitrogen and oxygen atoms in total. The van der Waals surface area contributed by atoms with Gasteiger partial charge in [0.05, 0.1) is 0 Å². The predicted molar refractivity (Wildman–Crippen MR) is 71.0 cm³/mol. The third kappa shape index (κ3) is 3.74. The number of benzene rings is 1. The first-order valence-corrected chi connectivity index (χ1v) is 6.79. The first-order chi connectivity index (χ1) is 8.25. The van der Waals surface area contributed by atoms with Gasteiger partial charge in [0.2, 0.25) is 0 Å². The van der Waals surface area contributed by atoms with Gasteiger partial charge >= 0.3 is 0 Å². The van der Waals surface area contributed by atoms with Crippen LogP contribution >= 0.6 is 0 Å². The zero-order valence-electron chi connectivity index (χ0n) is 10.4. The average molecular weight is 233 g/mol. The Kier molecular flexibility index (Phi) is 4.43. The Balaban J connectivity index is 1.90. The molecule has 94 valence electrons. The topological polar surface area (TPSA) is 46.2 Å². The fourth-order valence-electron chi connectivity index (χ4n) is 2.81. The fourth-order valence-corrected chi connectivity index (χ4v) is 2.81. The van der Waals surface area contributed by atoms with E-state index in [1.54, 1.807) is 12.1 Å². The number of rotatable bonds is 3. The normalized spacial score (nSPS) is 19.8. The first kappa shape index (κ1) is 12.4. The van der Waals surface area contributed by atoms with Gasteiger partial charge in [-0.3, -0.25) is 0 Å². The van der Waals surface area contributed by atoms with Crippen LogP contribution in [0.3, 0.4) is 0 Å². The van der Waals surface area contributed by atoms with E-state index in [-0.39, 0.29) is 6.04 Å². The second-order valence-electron chi connectivity index (χ2n) is 5.29. The Morgan fingerprint density at radius 1 is 1.06 bits per heavy atom. The van der Waals surface area contributed by atoms with Crippen molar-refractivity contribution < 1.29 is 5.11 Å². The SMILES string of the molecule is NC(Cc1ccc(O)cc1)C1CCCCCC1. The first-order valence-electron chi connectivity index (χ1n) is 6.79. The maximum Gasteiger partial charge on any atom is 0.115 e. The van der Waals surface area contributed by atoms with E-state index in [0.29, 0.717) is 11.7 Å². The highest BCUT2D eigenvalue weighted by molar-refractivity contribution is 5.26. The molecule has 2 rings (SSSR count). The van der Waals surface area contributed by atoms with Gasteiger partial charge in [0.1, 0.15) is 5.75 Å². The molecular weight excluding hydrogens is 210 g/mol. The van der Waals surface area contributed by atoms with Crippen LogP contribution in [-0.2, 0) is 6.42 Å². The van der Waals surface area contributed by atoms with Crippen molar-refractivity contribution in [3.05, 3.63) is 29.8 Å². The summed E-state index contributed by atoms with van der Waals surface area (Å²) in [5.41, 5.74) is 7.56. The highest BCUT2D eigenvalue weighted by Gasteiger charge is 2.19. The monoisotopic (exact) mass is 233 g/mol. The lowest BCUT2D eigenvalue weighted by atomic mass is 9.88. The molecule has 3 N–H and O–H groups in total. The summed E-state index contributed by atoms with van der Waals surface area (Å²) >= 11 is 0. The maximum atomic E-state index is 9.25. The van der Waals surface area contributed by atoms with Gasteiger partial charge in [0, 0.05) is 6.04 Å². The molecule has 1 saturated carbocycles. The van der Waals surface area contributed by atoms with Crippen molar-refractivity contribution in [3.8, 4) is 5.75 Å². The quantitative estimate of drug-likeness (QED) is 0.787. The summed E-state index contributed by atoms with van der Waals surface area (Å²) < 4.78 is 0. The minimum Gasteiger partial charge on any atom is -0.508 e. The minimum atomic E-state index is 0.276. The van der Waals surface area contributed by atoms with Crippen LogP contribution in [0.25, 0.3) is 0 Å². The highest BCUT2D eigenvalue weighted by Crippen LogP contribution is 2.26. The molecule has 1 aromatic rings. The van der Waals surface area contributed by atoms with Crippen molar-refractivity contribution in [1.82, 2.24) is 0 Å². The van der Waals surface area contributed by atoms with E-state index >= 15 is 0 Å². The predicted octanol–water partition coefficient (Wildman–Crippen LogP) is 3.23. The van der Waals surface area contributed by atoms with Gasteiger partial charge in [0.25, 0.3) is 0 Å². The second kappa shape index (κ2) is 6.06. The molecule has 17 heavy (non-hydrogen) atoms. The second-order valence-corrected chi connectivity index (χ2v) is 5.29.